The van der Waals surface area contributed by atoms with Crippen molar-refractivity contribution < 1.29 is 5.11 Å². The van der Waals surface area contributed by atoms with Crippen molar-refractivity contribution in [2.75, 3.05) is 39.8 Å². The molecule has 5 nitrogen and oxygen atoms in total. The first-order valence-corrected chi connectivity index (χ1v) is 9.90. The van der Waals surface area contributed by atoms with Gasteiger partial charge in [0.1, 0.15) is 0 Å². The van der Waals surface area contributed by atoms with Gasteiger partial charge in [-0.05, 0) is 52.0 Å². The Morgan fingerprint density at radius 2 is 1.92 bits per heavy atom. The molecule has 0 aliphatic heterocycles. The molecule has 1 aliphatic carbocycles. The van der Waals surface area contributed by atoms with Gasteiger partial charge in [0.05, 0.1) is 0 Å². The summed E-state index contributed by atoms with van der Waals surface area (Å²) in [6, 6.07) is 0.612. The molecule has 1 fully saturated rings. The molecule has 1 rings (SSSR count). The van der Waals surface area contributed by atoms with Gasteiger partial charge in [0.2, 0.25) is 0 Å². The minimum Gasteiger partial charge on any atom is -0.396 e. The average Bonchev–Trinajstić information content (AvgIpc) is 2.60. The van der Waals surface area contributed by atoms with Crippen LogP contribution in [0.3, 0.4) is 0 Å². The number of hydrogen-bond donors (Lipinski definition) is 3. The summed E-state index contributed by atoms with van der Waals surface area (Å²) in [7, 11) is 2.18. The molecule has 0 bridgehead atoms. The summed E-state index contributed by atoms with van der Waals surface area (Å²) in [6.45, 7) is 10.5. The van der Waals surface area contributed by atoms with E-state index in [0.29, 0.717) is 6.04 Å². The van der Waals surface area contributed by atoms with Gasteiger partial charge in [0.25, 0.3) is 0 Å². The van der Waals surface area contributed by atoms with E-state index in [4.69, 9.17) is 4.99 Å². The van der Waals surface area contributed by atoms with Gasteiger partial charge in [-0.25, -0.2) is 0 Å². The molecular formula is C19H40N4O. The fourth-order valence-electron chi connectivity index (χ4n) is 3.50. The van der Waals surface area contributed by atoms with Gasteiger partial charge in [0.15, 0.2) is 5.96 Å². The van der Waals surface area contributed by atoms with Gasteiger partial charge >= 0.3 is 0 Å². The van der Waals surface area contributed by atoms with Gasteiger partial charge in [-0.3, -0.25) is 4.99 Å². The maximum absolute atomic E-state index is 9.44. The Balaban J connectivity index is 2.53. The van der Waals surface area contributed by atoms with Crippen LogP contribution in [-0.2, 0) is 0 Å². The predicted octanol–water partition coefficient (Wildman–Crippen LogP) is 2.60. The summed E-state index contributed by atoms with van der Waals surface area (Å²) in [6.07, 6.45) is 8.34. The third-order valence-corrected chi connectivity index (χ3v) is 5.57. The number of nitrogens with zero attached hydrogens (tertiary/aromatic N) is 2. The molecule has 1 unspecified atom stereocenters. The van der Waals surface area contributed by atoms with Crippen LogP contribution < -0.4 is 10.6 Å². The lowest BCUT2D eigenvalue weighted by Gasteiger charge is -2.35. The number of rotatable bonds is 10. The fourth-order valence-corrected chi connectivity index (χ4v) is 3.50. The molecule has 0 amide bonds. The number of hydrogen-bond acceptors (Lipinski definition) is 3. The van der Waals surface area contributed by atoms with E-state index in [1.54, 1.807) is 0 Å². The Hall–Kier alpha value is -0.810. The van der Waals surface area contributed by atoms with E-state index in [1.807, 2.05) is 0 Å². The van der Waals surface area contributed by atoms with E-state index in [2.05, 4.69) is 43.4 Å². The fraction of sp³-hybridized carbons (Fsp3) is 0.947. The summed E-state index contributed by atoms with van der Waals surface area (Å²) in [5, 5.41) is 16.3. The normalized spacial score (nSPS) is 19.3. The van der Waals surface area contributed by atoms with Crippen LogP contribution in [0.15, 0.2) is 4.99 Å². The summed E-state index contributed by atoms with van der Waals surface area (Å²) in [5.41, 5.74) is 0.211. The van der Waals surface area contributed by atoms with Crippen molar-refractivity contribution in [1.29, 1.82) is 0 Å². The number of aliphatic hydroxyl groups is 1. The summed E-state index contributed by atoms with van der Waals surface area (Å²) >= 11 is 0. The summed E-state index contributed by atoms with van der Waals surface area (Å²) < 4.78 is 0. The molecule has 24 heavy (non-hydrogen) atoms. The molecule has 0 aromatic carbocycles. The lowest BCUT2D eigenvalue weighted by molar-refractivity contribution is 0.137. The van der Waals surface area contributed by atoms with Crippen LogP contribution in [0.5, 0.6) is 0 Å². The minimum absolute atomic E-state index is 0.211. The highest BCUT2D eigenvalue weighted by molar-refractivity contribution is 5.79. The SMILES string of the molecule is CCNC(=NCC1(CCO)CCCCC1)NCCN(C)C(C)CC. The van der Waals surface area contributed by atoms with Crippen LogP contribution in [0.25, 0.3) is 0 Å². The van der Waals surface area contributed by atoms with Gasteiger partial charge in [-0.1, -0.05) is 26.2 Å². The molecule has 0 spiro atoms. The van der Waals surface area contributed by atoms with E-state index < -0.39 is 0 Å². The molecule has 5 heteroatoms. The Morgan fingerprint density at radius 3 is 2.50 bits per heavy atom. The Labute approximate surface area is 149 Å². The third kappa shape index (κ3) is 7.39. The quantitative estimate of drug-likeness (QED) is 0.423. The number of aliphatic imine (C=N–C) groups is 1. The maximum atomic E-state index is 9.44. The van der Waals surface area contributed by atoms with Crippen molar-refractivity contribution in [3.8, 4) is 0 Å². The maximum Gasteiger partial charge on any atom is 0.191 e. The van der Waals surface area contributed by atoms with Crippen LogP contribution in [-0.4, -0.2) is 61.8 Å². The van der Waals surface area contributed by atoms with E-state index in [0.717, 1.165) is 38.6 Å². The molecule has 0 saturated heterocycles. The van der Waals surface area contributed by atoms with Gasteiger partial charge in [-0.15, -0.1) is 0 Å². The zero-order valence-electron chi connectivity index (χ0n) is 16.4. The van der Waals surface area contributed by atoms with Crippen LogP contribution in [0.4, 0.5) is 0 Å². The van der Waals surface area contributed by atoms with E-state index >= 15 is 0 Å². The van der Waals surface area contributed by atoms with Crippen molar-refractivity contribution in [2.45, 2.75) is 71.8 Å². The van der Waals surface area contributed by atoms with Gasteiger partial charge < -0.3 is 20.6 Å². The first-order valence-electron chi connectivity index (χ1n) is 9.90. The second-order valence-corrected chi connectivity index (χ2v) is 7.39. The largest absolute Gasteiger partial charge is 0.396 e. The van der Waals surface area contributed by atoms with Crippen LogP contribution >= 0.6 is 0 Å². The standard InChI is InChI=1S/C19H40N4O/c1-5-17(3)23(4)14-13-21-18(20-6-2)22-16-19(12-15-24)10-8-7-9-11-19/h17,24H,5-16H2,1-4H3,(H2,20,21,22). The molecule has 1 atom stereocenters. The van der Waals surface area contributed by atoms with Crippen LogP contribution in [0.2, 0.25) is 0 Å². The topological polar surface area (TPSA) is 59.9 Å². The number of nitrogens with one attached hydrogen (secondary N) is 2. The lowest BCUT2D eigenvalue weighted by Crippen LogP contribution is -2.43. The highest BCUT2D eigenvalue weighted by Crippen LogP contribution is 2.39. The zero-order valence-corrected chi connectivity index (χ0v) is 16.4. The summed E-state index contributed by atoms with van der Waals surface area (Å²) in [4.78, 5) is 7.23. The number of likely N-dealkylation sites (N-methyl/N-ethyl adjacent to an activating group) is 1. The molecule has 3 N–H and O–H groups in total. The smallest absolute Gasteiger partial charge is 0.191 e. The van der Waals surface area contributed by atoms with Crippen LogP contribution in [0, 0.1) is 5.41 Å². The van der Waals surface area contributed by atoms with E-state index in [9.17, 15) is 5.11 Å². The van der Waals surface area contributed by atoms with Crippen molar-refractivity contribution >= 4 is 5.96 Å². The van der Waals surface area contributed by atoms with Gasteiger partial charge in [-0.2, -0.15) is 0 Å². The lowest BCUT2D eigenvalue weighted by atomic mass is 9.72. The van der Waals surface area contributed by atoms with Gasteiger partial charge in [0, 0.05) is 38.8 Å². The predicted molar refractivity (Wildman–Crippen MR) is 104 cm³/mol. The van der Waals surface area contributed by atoms with E-state index in [1.165, 1.54) is 38.5 Å². The van der Waals surface area contributed by atoms with Crippen molar-refractivity contribution in [1.82, 2.24) is 15.5 Å². The Kier molecular flexibility index (Phi) is 10.3. The molecular weight excluding hydrogens is 300 g/mol. The molecule has 0 heterocycles. The molecule has 142 valence electrons. The number of aliphatic hydroxyl groups excluding tert-OH is 1. The number of guanidine groups is 1. The first-order chi connectivity index (χ1) is 11.6. The molecule has 0 radical (unpaired) electrons. The summed E-state index contributed by atoms with van der Waals surface area (Å²) in [5.74, 6) is 0.915. The highest BCUT2D eigenvalue weighted by Gasteiger charge is 2.31. The van der Waals surface area contributed by atoms with Crippen molar-refractivity contribution in [3.63, 3.8) is 0 Å². The third-order valence-electron chi connectivity index (χ3n) is 5.57. The molecule has 1 aliphatic rings. The monoisotopic (exact) mass is 340 g/mol. The van der Waals surface area contributed by atoms with Crippen molar-refractivity contribution in [2.24, 2.45) is 10.4 Å². The van der Waals surface area contributed by atoms with Crippen molar-refractivity contribution in [3.05, 3.63) is 0 Å². The van der Waals surface area contributed by atoms with E-state index in [-0.39, 0.29) is 12.0 Å². The Morgan fingerprint density at radius 1 is 1.21 bits per heavy atom. The highest BCUT2D eigenvalue weighted by atomic mass is 16.3. The minimum atomic E-state index is 0.211. The second kappa shape index (κ2) is 11.7. The second-order valence-electron chi connectivity index (χ2n) is 7.39. The zero-order chi connectivity index (χ0) is 17.8. The Bertz CT molecular complexity index is 348. The molecule has 0 aromatic heterocycles. The van der Waals surface area contributed by atoms with Crippen LogP contribution in [0.1, 0.15) is 65.7 Å². The molecule has 0 aromatic rings. The average molecular weight is 341 g/mol. The molecule has 1 saturated carbocycles. The first kappa shape index (κ1) is 21.2.